The van der Waals surface area contributed by atoms with Crippen molar-refractivity contribution in [2.45, 2.75) is 19.8 Å². The number of rotatable bonds is 5. The minimum atomic E-state index is -1.05. The first-order valence-corrected chi connectivity index (χ1v) is 8.42. The Morgan fingerprint density at radius 2 is 2.19 bits per heavy atom. The number of allylic oxidation sites excluding steroid dienone is 1. The number of nitrogens with zero attached hydrogens (tertiary/aromatic N) is 2. The van der Waals surface area contributed by atoms with Gasteiger partial charge in [0.15, 0.2) is 0 Å². The molecule has 7 heteroatoms. The van der Waals surface area contributed by atoms with Crippen molar-refractivity contribution in [1.82, 2.24) is 4.98 Å². The van der Waals surface area contributed by atoms with Gasteiger partial charge >= 0.3 is 5.97 Å². The van der Waals surface area contributed by atoms with Crippen LogP contribution in [0.2, 0.25) is 0 Å². The molecule has 1 atom stereocenters. The highest BCUT2D eigenvalue weighted by molar-refractivity contribution is 5.94. The summed E-state index contributed by atoms with van der Waals surface area (Å²) in [5, 5.41) is 22.2. The number of methoxy groups -OCH3 is 1. The predicted molar refractivity (Wildman–Crippen MR) is 98.9 cm³/mol. The first kappa shape index (κ1) is 18.3. The SMILES string of the molecule is CCOc1nccc2c1C(c1ccc(C#N)cc1OC)C(C(=O)O)=C(C)N2. The van der Waals surface area contributed by atoms with Gasteiger partial charge in [0.05, 0.1) is 42.4 Å². The number of hydrogen-bond donors (Lipinski definition) is 2. The zero-order valence-electron chi connectivity index (χ0n) is 15.2. The minimum Gasteiger partial charge on any atom is -0.496 e. The lowest BCUT2D eigenvalue weighted by molar-refractivity contribution is -0.132. The largest absolute Gasteiger partial charge is 0.496 e. The van der Waals surface area contributed by atoms with E-state index in [1.54, 1.807) is 37.4 Å². The van der Waals surface area contributed by atoms with E-state index in [2.05, 4.69) is 16.4 Å². The lowest BCUT2D eigenvalue weighted by Crippen LogP contribution is -2.24. The van der Waals surface area contributed by atoms with Crippen molar-refractivity contribution in [3.8, 4) is 17.7 Å². The molecular formula is C20H19N3O4. The van der Waals surface area contributed by atoms with E-state index in [0.29, 0.717) is 40.6 Å². The summed E-state index contributed by atoms with van der Waals surface area (Å²) in [5.74, 6) is -0.903. The molecule has 1 aliphatic heterocycles. The Balaban J connectivity index is 2.32. The number of nitriles is 1. The monoisotopic (exact) mass is 365 g/mol. The van der Waals surface area contributed by atoms with Gasteiger partial charge in [0.2, 0.25) is 5.88 Å². The maximum Gasteiger partial charge on any atom is 0.334 e. The Bertz CT molecular complexity index is 976. The van der Waals surface area contributed by atoms with E-state index in [0.717, 1.165) is 5.69 Å². The minimum absolute atomic E-state index is 0.180. The number of aromatic nitrogens is 1. The van der Waals surface area contributed by atoms with Crippen molar-refractivity contribution in [2.24, 2.45) is 0 Å². The van der Waals surface area contributed by atoms with Crippen molar-refractivity contribution < 1.29 is 19.4 Å². The highest BCUT2D eigenvalue weighted by Crippen LogP contribution is 2.47. The van der Waals surface area contributed by atoms with Crippen molar-refractivity contribution in [3.05, 3.63) is 58.4 Å². The van der Waals surface area contributed by atoms with Crippen molar-refractivity contribution in [3.63, 3.8) is 0 Å². The van der Waals surface area contributed by atoms with Crippen LogP contribution in [0, 0.1) is 11.3 Å². The number of carbonyl (C=O) groups is 1. The van der Waals surface area contributed by atoms with Gasteiger partial charge in [-0.1, -0.05) is 6.07 Å². The van der Waals surface area contributed by atoms with Crippen LogP contribution in [0.4, 0.5) is 5.69 Å². The van der Waals surface area contributed by atoms with E-state index in [1.165, 1.54) is 7.11 Å². The van der Waals surface area contributed by atoms with Crippen LogP contribution in [0.3, 0.4) is 0 Å². The molecule has 1 aliphatic rings. The van der Waals surface area contributed by atoms with E-state index in [-0.39, 0.29) is 5.57 Å². The summed E-state index contributed by atoms with van der Waals surface area (Å²) in [4.78, 5) is 16.4. The van der Waals surface area contributed by atoms with Gasteiger partial charge in [0.25, 0.3) is 0 Å². The van der Waals surface area contributed by atoms with Gasteiger partial charge in [0, 0.05) is 23.1 Å². The summed E-state index contributed by atoms with van der Waals surface area (Å²) >= 11 is 0. The molecule has 138 valence electrons. The molecule has 3 rings (SSSR count). The first-order chi connectivity index (χ1) is 13.0. The standard InChI is InChI=1S/C20H19N3O4/c1-4-27-19-18-14(7-8-22-19)23-11(2)16(20(24)25)17(18)13-6-5-12(10-21)9-15(13)26-3/h5-9,17,23H,4H2,1-3H3,(H,24,25). The zero-order valence-corrected chi connectivity index (χ0v) is 15.2. The highest BCUT2D eigenvalue weighted by Gasteiger charge is 2.36. The van der Waals surface area contributed by atoms with Crippen LogP contribution in [0.15, 0.2) is 41.7 Å². The number of ether oxygens (including phenoxy) is 2. The third-order valence-corrected chi connectivity index (χ3v) is 4.44. The summed E-state index contributed by atoms with van der Waals surface area (Å²) in [6, 6.07) is 8.81. The Labute approximate surface area is 156 Å². The molecule has 0 amide bonds. The Kier molecular flexibility index (Phi) is 4.99. The summed E-state index contributed by atoms with van der Waals surface area (Å²) in [5.41, 5.74) is 3.13. The molecule has 0 spiro atoms. The lowest BCUT2D eigenvalue weighted by atomic mass is 9.80. The second-order valence-electron chi connectivity index (χ2n) is 5.98. The summed E-state index contributed by atoms with van der Waals surface area (Å²) in [6.07, 6.45) is 1.61. The summed E-state index contributed by atoms with van der Waals surface area (Å²) in [7, 11) is 1.49. The molecule has 0 bridgehead atoms. The molecule has 7 nitrogen and oxygen atoms in total. The fourth-order valence-corrected chi connectivity index (χ4v) is 3.34. The second-order valence-corrected chi connectivity index (χ2v) is 5.98. The molecule has 27 heavy (non-hydrogen) atoms. The molecule has 1 aromatic carbocycles. The van der Waals surface area contributed by atoms with Crippen molar-refractivity contribution >= 4 is 11.7 Å². The zero-order chi connectivity index (χ0) is 19.6. The predicted octanol–water partition coefficient (Wildman–Crippen LogP) is 3.28. The van der Waals surface area contributed by atoms with E-state index in [4.69, 9.17) is 14.7 Å². The number of anilines is 1. The Morgan fingerprint density at radius 1 is 1.41 bits per heavy atom. The summed E-state index contributed by atoms with van der Waals surface area (Å²) < 4.78 is 11.1. The van der Waals surface area contributed by atoms with Crippen LogP contribution in [0.1, 0.15) is 36.5 Å². The van der Waals surface area contributed by atoms with Crippen molar-refractivity contribution in [1.29, 1.82) is 5.26 Å². The maximum absolute atomic E-state index is 12.1. The van der Waals surface area contributed by atoms with Gasteiger partial charge in [-0.3, -0.25) is 0 Å². The number of aliphatic carboxylic acids is 1. The van der Waals surface area contributed by atoms with Crippen LogP contribution in [-0.2, 0) is 4.79 Å². The number of carboxylic acid groups (broad SMARTS) is 1. The average molecular weight is 365 g/mol. The van der Waals surface area contributed by atoms with E-state index in [9.17, 15) is 9.90 Å². The molecule has 0 radical (unpaired) electrons. The fourth-order valence-electron chi connectivity index (χ4n) is 3.34. The Morgan fingerprint density at radius 3 is 2.81 bits per heavy atom. The molecule has 2 aromatic rings. The molecule has 0 saturated carbocycles. The highest BCUT2D eigenvalue weighted by atomic mass is 16.5. The molecule has 0 aliphatic carbocycles. The van der Waals surface area contributed by atoms with Gasteiger partial charge in [-0.15, -0.1) is 0 Å². The average Bonchev–Trinajstić information content (AvgIpc) is 2.66. The van der Waals surface area contributed by atoms with E-state index >= 15 is 0 Å². The van der Waals surface area contributed by atoms with Crippen LogP contribution >= 0.6 is 0 Å². The van der Waals surface area contributed by atoms with Crippen LogP contribution in [0.5, 0.6) is 11.6 Å². The molecule has 2 N–H and O–H groups in total. The topological polar surface area (TPSA) is 104 Å². The molecule has 2 heterocycles. The van der Waals surface area contributed by atoms with Gasteiger partial charge < -0.3 is 19.9 Å². The molecular weight excluding hydrogens is 346 g/mol. The van der Waals surface area contributed by atoms with Crippen LogP contribution < -0.4 is 14.8 Å². The lowest BCUT2D eigenvalue weighted by Gasteiger charge is -2.31. The normalized spacial score (nSPS) is 15.4. The van der Waals surface area contributed by atoms with Gasteiger partial charge in [0.1, 0.15) is 5.75 Å². The van der Waals surface area contributed by atoms with Gasteiger partial charge in [-0.25, -0.2) is 9.78 Å². The van der Waals surface area contributed by atoms with Gasteiger partial charge in [-0.05, 0) is 32.0 Å². The number of benzene rings is 1. The molecule has 0 fully saturated rings. The van der Waals surface area contributed by atoms with E-state index in [1.807, 2.05) is 6.92 Å². The smallest absolute Gasteiger partial charge is 0.334 e. The third kappa shape index (κ3) is 3.17. The van der Waals surface area contributed by atoms with E-state index < -0.39 is 11.9 Å². The Hall–Kier alpha value is -3.53. The quantitative estimate of drug-likeness (QED) is 0.838. The number of pyridine rings is 1. The van der Waals surface area contributed by atoms with Crippen LogP contribution in [0.25, 0.3) is 0 Å². The van der Waals surface area contributed by atoms with Gasteiger partial charge in [-0.2, -0.15) is 5.26 Å². The van der Waals surface area contributed by atoms with Crippen molar-refractivity contribution in [2.75, 3.05) is 19.0 Å². The molecule has 1 unspecified atom stereocenters. The second kappa shape index (κ2) is 7.38. The number of nitrogens with one attached hydrogen (secondary N) is 1. The maximum atomic E-state index is 12.1. The third-order valence-electron chi connectivity index (χ3n) is 4.44. The van der Waals surface area contributed by atoms with Crippen LogP contribution in [-0.4, -0.2) is 29.8 Å². The number of fused-ring (bicyclic) bond motifs is 1. The number of hydrogen-bond acceptors (Lipinski definition) is 6. The first-order valence-electron chi connectivity index (χ1n) is 8.42. The summed E-state index contributed by atoms with van der Waals surface area (Å²) in [6.45, 7) is 3.95. The number of carboxylic acids is 1. The molecule has 0 saturated heterocycles. The fraction of sp³-hybridized carbons (Fsp3) is 0.250. The molecule has 1 aromatic heterocycles.